The van der Waals surface area contributed by atoms with Crippen LogP contribution < -0.4 is 0 Å². The van der Waals surface area contributed by atoms with E-state index in [2.05, 4.69) is 0 Å². The van der Waals surface area contributed by atoms with E-state index in [9.17, 15) is 45.6 Å². The van der Waals surface area contributed by atoms with E-state index in [1.807, 2.05) is 0 Å². The lowest BCUT2D eigenvalue weighted by Gasteiger charge is -2.49. The summed E-state index contributed by atoms with van der Waals surface area (Å²) < 4.78 is 16.2. The van der Waals surface area contributed by atoms with Crippen LogP contribution in [0.3, 0.4) is 0 Å². The minimum atomic E-state index is -2.82. The lowest BCUT2D eigenvalue weighted by atomic mass is 9.74. The molecular formula is C19H32O12. The molecule has 12 nitrogen and oxygen atoms in total. The van der Waals surface area contributed by atoms with E-state index in [4.69, 9.17) is 14.2 Å². The molecule has 0 radical (unpaired) electrons. The zero-order valence-electron chi connectivity index (χ0n) is 17.0. The number of Topliss-reactive ketones (excluding diaryl/α,β-unsaturated/α-hetero) is 1. The largest absolute Gasteiger partial charge is 0.394 e. The van der Waals surface area contributed by atoms with Crippen LogP contribution in [0.25, 0.3) is 0 Å². The maximum atomic E-state index is 13.3. The van der Waals surface area contributed by atoms with Crippen molar-refractivity contribution >= 4 is 5.78 Å². The average Bonchev–Trinajstić information content (AvgIpc) is 3.04. The third kappa shape index (κ3) is 4.15. The van der Waals surface area contributed by atoms with Gasteiger partial charge in [0, 0.05) is 5.92 Å². The quantitative estimate of drug-likeness (QED) is 0.187. The first-order valence-corrected chi connectivity index (χ1v) is 10.5. The number of carbonyl (C=O) groups is 1. The highest BCUT2D eigenvalue weighted by Crippen LogP contribution is 2.41. The van der Waals surface area contributed by atoms with Crippen LogP contribution in [-0.4, -0.2) is 121 Å². The van der Waals surface area contributed by atoms with Gasteiger partial charge in [-0.3, -0.25) is 4.79 Å². The second-order valence-electron chi connectivity index (χ2n) is 8.51. The van der Waals surface area contributed by atoms with Gasteiger partial charge < -0.3 is 55.1 Å². The van der Waals surface area contributed by atoms with Crippen molar-refractivity contribution in [3.05, 3.63) is 0 Å². The van der Waals surface area contributed by atoms with Crippen molar-refractivity contribution in [1.82, 2.24) is 0 Å². The van der Waals surface area contributed by atoms with Gasteiger partial charge in [-0.2, -0.15) is 0 Å². The zero-order valence-corrected chi connectivity index (χ0v) is 17.0. The summed E-state index contributed by atoms with van der Waals surface area (Å²) in [5, 5.41) is 81.4. The standard InChI is InChI=1S/C19H32O12/c20-6-10-12(23)16(27)19(28,14(25)9-4-2-1-3-5-9)17(29-10)31-18(8-22)15(26)13(24)11(7-21)30-18/h9-13,15-17,20-24,26-28H,1-8H2/t10-,11-,12-,13-,15+,16+,17-,18?,19-/m1/s1. The van der Waals surface area contributed by atoms with Gasteiger partial charge in [-0.25, -0.2) is 0 Å². The number of ether oxygens (including phenoxy) is 3. The number of hydrogen-bond donors (Lipinski definition) is 8. The Bertz CT molecular complexity index is 627. The molecule has 0 aromatic rings. The summed E-state index contributed by atoms with van der Waals surface area (Å²) in [6, 6.07) is 0. The Morgan fingerprint density at radius 3 is 2.00 bits per heavy atom. The number of rotatable bonds is 7. The van der Waals surface area contributed by atoms with E-state index in [1.165, 1.54) is 0 Å². The van der Waals surface area contributed by atoms with Crippen molar-refractivity contribution in [2.75, 3.05) is 19.8 Å². The molecule has 2 aliphatic heterocycles. The molecule has 3 aliphatic rings. The van der Waals surface area contributed by atoms with Crippen LogP contribution >= 0.6 is 0 Å². The molecule has 3 rings (SSSR count). The first-order chi connectivity index (χ1) is 14.7. The lowest BCUT2D eigenvalue weighted by Crippen LogP contribution is -2.73. The third-order valence-corrected chi connectivity index (χ3v) is 6.58. The highest BCUT2D eigenvalue weighted by atomic mass is 16.8. The predicted molar refractivity (Wildman–Crippen MR) is 99.2 cm³/mol. The van der Waals surface area contributed by atoms with Crippen LogP contribution in [0, 0.1) is 5.92 Å². The summed E-state index contributed by atoms with van der Waals surface area (Å²) >= 11 is 0. The molecule has 0 amide bonds. The predicted octanol–water partition coefficient (Wildman–Crippen LogP) is -3.88. The van der Waals surface area contributed by atoms with Crippen LogP contribution in [0.2, 0.25) is 0 Å². The summed E-state index contributed by atoms with van der Waals surface area (Å²) in [5.41, 5.74) is -2.82. The van der Waals surface area contributed by atoms with Crippen LogP contribution in [0.5, 0.6) is 0 Å². The third-order valence-electron chi connectivity index (χ3n) is 6.58. The number of aliphatic hydroxyl groups excluding tert-OH is 7. The molecular weight excluding hydrogens is 420 g/mol. The van der Waals surface area contributed by atoms with Gasteiger partial charge in [0.15, 0.2) is 12.1 Å². The molecule has 31 heavy (non-hydrogen) atoms. The molecule has 0 aromatic carbocycles. The van der Waals surface area contributed by atoms with Gasteiger partial charge in [-0.15, -0.1) is 0 Å². The maximum absolute atomic E-state index is 13.3. The average molecular weight is 452 g/mol. The van der Waals surface area contributed by atoms with Crippen LogP contribution in [0.15, 0.2) is 0 Å². The number of aliphatic hydroxyl groups is 8. The molecule has 0 aromatic heterocycles. The van der Waals surface area contributed by atoms with Gasteiger partial charge >= 0.3 is 0 Å². The minimum absolute atomic E-state index is 0.440. The Morgan fingerprint density at radius 1 is 0.903 bits per heavy atom. The number of carbonyl (C=O) groups excluding carboxylic acids is 1. The number of hydrogen-bond acceptors (Lipinski definition) is 12. The zero-order chi connectivity index (χ0) is 23.0. The summed E-state index contributed by atoms with van der Waals surface area (Å²) in [5.74, 6) is -3.92. The van der Waals surface area contributed by atoms with E-state index in [0.717, 1.165) is 19.3 Å². The first-order valence-electron chi connectivity index (χ1n) is 10.5. The highest BCUT2D eigenvalue weighted by Gasteiger charge is 2.65. The molecule has 0 bridgehead atoms. The van der Waals surface area contributed by atoms with Gasteiger partial charge in [0.1, 0.15) is 43.2 Å². The normalized spacial score (nSPS) is 46.9. The second-order valence-corrected chi connectivity index (χ2v) is 8.51. The van der Waals surface area contributed by atoms with Crippen molar-refractivity contribution in [2.45, 2.75) is 86.4 Å². The molecule has 9 atom stereocenters. The molecule has 1 aliphatic carbocycles. The van der Waals surface area contributed by atoms with E-state index < -0.39 is 85.8 Å². The smallest absolute Gasteiger partial charge is 0.224 e. The number of ketones is 1. The van der Waals surface area contributed by atoms with Crippen molar-refractivity contribution in [3.8, 4) is 0 Å². The second kappa shape index (κ2) is 9.61. The molecule has 2 heterocycles. The minimum Gasteiger partial charge on any atom is -0.394 e. The van der Waals surface area contributed by atoms with Crippen molar-refractivity contribution in [2.24, 2.45) is 5.92 Å². The molecule has 180 valence electrons. The van der Waals surface area contributed by atoms with Gasteiger partial charge in [-0.1, -0.05) is 19.3 Å². The lowest BCUT2D eigenvalue weighted by molar-refractivity contribution is -0.399. The molecule has 0 spiro atoms. The molecule has 2 saturated heterocycles. The summed E-state index contributed by atoms with van der Waals surface area (Å²) in [6.45, 7) is -2.61. The van der Waals surface area contributed by atoms with E-state index in [-0.39, 0.29) is 0 Å². The van der Waals surface area contributed by atoms with Gasteiger partial charge in [-0.05, 0) is 12.8 Å². The molecule has 12 heteroatoms. The Labute approximate surface area is 178 Å². The van der Waals surface area contributed by atoms with Crippen LogP contribution in [0.1, 0.15) is 32.1 Å². The van der Waals surface area contributed by atoms with Gasteiger partial charge in [0.2, 0.25) is 11.4 Å². The summed E-state index contributed by atoms with van der Waals surface area (Å²) in [6.07, 6.45) is -9.20. The Morgan fingerprint density at radius 2 is 1.48 bits per heavy atom. The van der Waals surface area contributed by atoms with Crippen molar-refractivity contribution in [3.63, 3.8) is 0 Å². The fourth-order valence-corrected chi connectivity index (χ4v) is 4.62. The Hall–Kier alpha value is -0.770. The van der Waals surface area contributed by atoms with Crippen LogP contribution in [-0.2, 0) is 19.0 Å². The highest BCUT2D eigenvalue weighted by molar-refractivity contribution is 5.90. The van der Waals surface area contributed by atoms with Gasteiger partial charge in [0.05, 0.1) is 13.2 Å². The molecule has 1 unspecified atom stereocenters. The van der Waals surface area contributed by atoms with Gasteiger partial charge in [0.25, 0.3) is 0 Å². The molecule has 8 N–H and O–H groups in total. The first kappa shape index (κ1) is 24.9. The fraction of sp³-hybridized carbons (Fsp3) is 0.947. The van der Waals surface area contributed by atoms with E-state index >= 15 is 0 Å². The fourth-order valence-electron chi connectivity index (χ4n) is 4.62. The molecule has 3 fully saturated rings. The van der Waals surface area contributed by atoms with E-state index in [1.54, 1.807) is 0 Å². The maximum Gasteiger partial charge on any atom is 0.224 e. The van der Waals surface area contributed by atoms with Crippen molar-refractivity contribution in [1.29, 1.82) is 0 Å². The van der Waals surface area contributed by atoms with E-state index in [0.29, 0.717) is 12.8 Å². The monoisotopic (exact) mass is 452 g/mol. The Kier molecular flexibility index (Phi) is 7.71. The Balaban J connectivity index is 1.96. The van der Waals surface area contributed by atoms with Crippen molar-refractivity contribution < 1.29 is 59.9 Å². The SMILES string of the molecule is O=C(C1CCCCC1)[C@]1(O)[C@@H](OC2(CO)O[C@H](CO)[C@@H](O)[C@@H]2O)O[C@H](CO)[C@@H](O)[C@@H]1O. The summed E-state index contributed by atoms with van der Waals surface area (Å²) in [4.78, 5) is 13.3. The topological polar surface area (TPSA) is 207 Å². The molecule has 1 saturated carbocycles. The van der Waals surface area contributed by atoms with Crippen LogP contribution in [0.4, 0.5) is 0 Å². The summed E-state index contributed by atoms with van der Waals surface area (Å²) in [7, 11) is 0.